The summed E-state index contributed by atoms with van der Waals surface area (Å²) < 4.78 is 30.9. The number of guanidine groups is 1. The number of likely N-dealkylation sites (tertiary alicyclic amines) is 1. The third kappa shape index (κ3) is 5.85. The second-order valence-electron chi connectivity index (χ2n) is 9.04. The first-order valence-corrected chi connectivity index (χ1v) is 11.7. The molecule has 0 radical (unpaired) electrons. The van der Waals surface area contributed by atoms with Crippen molar-refractivity contribution in [2.75, 3.05) is 45.6 Å². The molecule has 1 aromatic carbocycles. The molecule has 164 valence electrons. The van der Waals surface area contributed by atoms with Crippen molar-refractivity contribution in [3.63, 3.8) is 0 Å². The zero-order valence-corrected chi connectivity index (χ0v) is 21.0. The maximum absolute atomic E-state index is 12.7. The summed E-state index contributed by atoms with van der Waals surface area (Å²) in [6.45, 7) is 10.2. The summed E-state index contributed by atoms with van der Waals surface area (Å²) >= 11 is 0. The molecule has 2 fully saturated rings. The molecule has 2 heterocycles. The van der Waals surface area contributed by atoms with Gasteiger partial charge < -0.3 is 15.0 Å². The van der Waals surface area contributed by atoms with Crippen molar-refractivity contribution in [2.24, 2.45) is 10.4 Å². The van der Waals surface area contributed by atoms with Gasteiger partial charge >= 0.3 is 0 Å². The molecule has 1 atom stereocenters. The van der Waals surface area contributed by atoms with E-state index in [1.807, 2.05) is 12.1 Å². The third-order valence-corrected chi connectivity index (χ3v) is 7.60. The Balaban J connectivity index is 0.00000300. The van der Waals surface area contributed by atoms with Gasteiger partial charge in [-0.2, -0.15) is 0 Å². The lowest BCUT2D eigenvalue weighted by Crippen LogP contribution is -2.43. The van der Waals surface area contributed by atoms with Crippen LogP contribution in [0, 0.1) is 5.41 Å². The van der Waals surface area contributed by atoms with Crippen molar-refractivity contribution in [3.8, 4) is 0 Å². The van der Waals surface area contributed by atoms with Gasteiger partial charge in [0.05, 0.1) is 17.3 Å². The Morgan fingerprint density at radius 1 is 1.24 bits per heavy atom. The van der Waals surface area contributed by atoms with Crippen LogP contribution in [0.3, 0.4) is 0 Å². The predicted molar refractivity (Wildman–Crippen MR) is 128 cm³/mol. The van der Waals surface area contributed by atoms with Gasteiger partial charge in [0.25, 0.3) is 0 Å². The third-order valence-electron chi connectivity index (χ3n) is 5.87. The van der Waals surface area contributed by atoms with Gasteiger partial charge in [0, 0.05) is 38.7 Å². The second kappa shape index (κ2) is 9.51. The van der Waals surface area contributed by atoms with Crippen molar-refractivity contribution in [3.05, 3.63) is 29.8 Å². The number of benzene rings is 1. The molecule has 1 aromatic rings. The standard InChI is InChI=1S/C21H33N3O3S.HI/c1-20(2,3)17-5-7-18(8-6-17)28(25,26)14-11-23-19(22-4)24-12-9-21(15-24)10-13-27-16-21;/h5-8H,9-16H2,1-4H3,(H,22,23);1H. The SMILES string of the molecule is CN=C(NCCS(=O)(=O)c1ccc(C(C)(C)C)cc1)N1CCC2(CCOC2)C1.I. The predicted octanol–water partition coefficient (Wildman–Crippen LogP) is 3.06. The molecule has 0 aromatic heterocycles. The number of aliphatic imine (C=N–C) groups is 1. The summed E-state index contributed by atoms with van der Waals surface area (Å²) in [5, 5.41) is 3.24. The molecule has 1 unspecified atom stereocenters. The van der Waals surface area contributed by atoms with Crippen molar-refractivity contribution in [1.29, 1.82) is 0 Å². The van der Waals surface area contributed by atoms with Crippen LogP contribution >= 0.6 is 24.0 Å². The van der Waals surface area contributed by atoms with Gasteiger partial charge in [0.1, 0.15) is 0 Å². The summed E-state index contributed by atoms with van der Waals surface area (Å²) in [4.78, 5) is 6.95. The topological polar surface area (TPSA) is 71.0 Å². The fraction of sp³-hybridized carbons (Fsp3) is 0.667. The van der Waals surface area contributed by atoms with Crippen molar-refractivity contribution < 1.29 is 13.2 Å². The second-order valence-corrected chi connectivity index (χ2v) is 11.2. The van der Waals surface area contributed by atoms with Gasteiger partial charge in [-0.25, -0.2) is 8.42 Å². The molecule has 6 nitrogen and oxygen atoms in total. The number of rotatable bonds is 4. The lowest BCUT2D eigenvalue weighted by Gasteiger charge is -2.25. The van der Waals surface area contributed by atoms with Crippen LogP contribution in [0.25, 0.3) is 0 Å². The molecule has 0 aliphatic carbocycles. The van der Waals surface area contributed by atoms with E-state index in [4.69, 9.17) is 4.74 Å². The van der Waals surface area contributed by atoms with Crippen molar-refractivity contribution in [1.82, 2.24) is 10.2 Å². The molecule has 0 amide bonds. The zero-order chi connectivity index (χ0) is 20.4. The van der Waals surface area contributed by atoms with Crippen LogP contribution in [0.15, 0.2) is 34.2 Å². The van der Waals surface area contributed by atoms with Crippen LogP contribution < -0.4 is 5.32 Å². The van der Waals surface area contributed by atoms with Gasteiger partial charge in [-0.05, 0) is 36.0 Å². The van der Waals surface area contributed by atoms with Crippen LogP contribution in [0.1, 0.15) is 39.2 Å². The minimum atomic E-state index is -3.33. The first-order valence-electron chi connectivity index (χ1n) is 10.0. The Bertz CT molecular complexity index is 811. The number of halogens is 1. The summed E-state index contributed by atoms with van der Waals surface area (Å²) in [5.74, 6) is 0.824. The fourth-order valence-electron chi connectivity index (χ4n) is 4.00. The van der Waals surface area contributed by atoms with Crippen molar-refractivity contribution in [2.45, 2.75) is 43.9 Å². The maximum Gasteiger partial charge on any atom is 0.193 e. The van der Waals surface area contributed by atoms with Crippen LogP contribution in [-0.4, -0.2) is 64.9 Å². The highest BCUT2D eigenvalue weighted by Crippen LogP contribution is 2.38. The summed E-state index contributed by atoms with van der Waals surface area (Å²) in [7, 11) is -1.58. The first-order chi connectivity index (χ1) is 13.2. The molecule has 2 saturated heterocycles. The number of hydrogen-bond acceptors (Lipinski definition) is 4. The minimum absolute atomic E-state index is 0. The molecule has 0 bridgehead atoms. The number of sulfone groups is 1. The molecule has 29 heavy (non-hydrogen) atoms. The molecule has 3 rings (SSSR count). The normalized spacial score (nSPS) is 22.8. The highest BCUT2D eigenvalue weighted by atomic mass is 127. The largest absolute Gasteiger partial charge is 0.381 e. The van der Waals surface area contributed by atoms with Gasteiger partial charge in [0.15, 0.2) is 15.8 Å². The van der Waals surface area contributed by atoms with E-state index >= 15 is 0 Å². The summed E-state index contributed by atoms with van der Waals surface area (Å²) in [5.41, 5.74) is 1.38. The Morgan fingerprint density at radius 2 is 1.93 bits per heavy atom. The van der Waals surface area contributed by atoms with E-state index < -0.39 is 9.84 Å². The van der Waals surface area contributed by atoms with E-state index in [0.29, 0.717) is 11.4 Å². The van der Waals surface area contributed by atoms with Gasteiger partial charge in [-0.3, -0.25) is 4.99 Å². The van der Waals surface area contributed by atoms with E-state index in [1.54, 1.807) is 19.2 Å². The molecule has 2 aliphatic rings. The molecular weight excluding hydrogens is 501 g/mol. The average Bonchev–Trinajstić information content (AvgIpc) is 3.28. The molecule has 0 saturated carbocycles. The summed E-state index contributed by atoms with van der Waals surface area (Å²) in [6.07, 6.45) is 2.20. The molecule has 1 spiro atoms. The smallest absolute Gasteiger partial charge is 0.193 e. The van der Waals surface area contributed by atoms with E-state index in [9.17, 15) is 8.42 Å². The monoisotopic (exact) mass is 535 g/mol. The Morgan fingerprint density at radius 3 is 2.48 bits per heavy atom. The van der Waals surface area contributed by atoms with Gasteiger partial charge in [0.2, 0.25) is 0 Å². The minimum Gasteiger partial charge on any atom is -0.381 e. The molecular formula is C21H34IN3O3S. The Hall–Kier alpha value is -0.870. The van der Waals surface area contributed by atoms with Crippen LogP contribution in [0.2, 0.25) is 0 Å². The molecule has 1 N–H and O–H groups in total. The molecule has 2 aliphatic heterocycles. The fourth-order valence-corrected chi connectivity index (χ4v) is 5.15. The van der Waals surface area contributed by atoms with E-state index in [0.717, 1.165) is 50.7 Å². The number of nitrogens with one attached hydrogen (secondary N) is 1. The Labute approximate surface area is 192 Å². The number of hydrogen-bond donors (Lipinski definition) is 1. The lowest BCUT2D eigenvalue weighted by molar-refractivity contribution is 0.156. The molecule has 8 heteroatoms. The zero-order valence-electron chi connectivity index (χ0n) is 17.9. The number of nitrogens with zero attached hydrogens (tertiary/aromatic N) is 2. The Kier molecular flexibility index (Phi) is 8.00. The van der Waals surface area contributed by atoms with E-state index in [1.165, 1.54) is 0 Å². The first kappa shape index (κ1) is 24.4. The number of ether oxygens (including phenoxy) is 1. The highest BCUT2D eigenvalue weighted by Gasteiger charge is 2.42. The van der Waals surface area contributed by atoms with Gasteiger partial charge in [-0.15, -0.1) is 24.0 Å². The van der Waals surface area contributed by atoms with Crippen LogP contribution in [0.4, 0.5) is 0 Å². The van der Waals surface area contributed by atoms with Crippen LogP contribution in [0.5, 0.6) is 0 Å². The maximum atomic E-state index is 12.7. The average molecular weight is 535 g/mol. The van der Waals surface area contributed by atoms with Crippen molar-refractivity contribution >= 4 is 39.8 Å². The van der Waals surface area contributed by atoms with E-state index in [2.05, 4.69) is 36.0 Å². The summed E-state index contributed by atoms with van der Waals surface area (Å²) in [6, 6.07) is 7.25. The van der Waals surface area contributed by atoms with E-state index in [-0.39, 0.29) is 40.6 Å². The quantitative estimate of drug-likeness (QED) is 0.365. The lowest BCUT2D eigenvalue weighted by atomic mass is 9.87. The highest BCUT2D eigenvalue weighted by molar-refractivity contribution is 14.0. The van der Waals surface area contributed by atoms with Crippen LogP contribution in [-0.2, 0) is 20.0 Å². The van der Waals surface area contributed by atoms with Gasteiger partial charge in [-0.1, -0.05) is 32.9 Å².